The van der Waals surface area contributed by atoms with Crippen molar-refractivity contribution in [3.8, 4) is 0 Å². The number of methoxy groups -OCH3 is 1. The first-order valence-electron chi connectivity index (χ1n) is 6.80. The van der Waals surface area contributed by atoms with Crippen LogP contribution in [0.15, 0.2) is 23.8 Å². The summed E-state index contributed by atoms with van der Waals surface area (Å²) in [7, 11) is 1.77. The molecule has 17 heavy (non-hydrogen) atoms. The van der Waals surface area contributed by atoms with Crippen molar-refractivity contribution >= 4 is 0 Å². The zero-order chi connectivity index (χ0) is 12.7. The molecule has 98 valence electrons. The summed E-state index contributed by atoms with van der Waals surface area (Å²) < 4.78 is 5.19. The highest BCUT2D eigenvalue weighted by Gasteiger charge is 2.40. The van der Waals surface area contributed by atoms with Crippen LogP contribution in [0.3, 0.4) is 0 Å². The van der Waals surface area contributed by atoms with Crippen molar-refractivity contribution < 1.29 is 4.74 Å². The Kier molecular flexibility index (Phi) is 5.93. The van der Waals surface area contributed by atoms with Crippen LogP contribution in [-0.4, -0.2) is 19.3 Å². The van der Waals surface area contributed by atoms with Gasteiger partial charge in [-0.2, -0.15) is 0 Å². The molecule has 0 aromatic carbocycles. The van der Waals surface area contributed by atoms with E-state index < -0.39 is 0 Å². The molecule has 2 heteroatoms. The molecule has 1 unspecified atom stereocenters. The Hall–Kier alpha value is -0.600. The maximum Gasteiger partial charge on any atom is 0.0493 e. The second-order valence-electron chi connectivity index (χ2n) is 5.10. The highest BCUT2D eigenvalue weighted by atomic mass is 16.5. The molecule has 1 aliphatic carbocycles. The van der Waals surface area contributed by atoms with Gasteiger partial charge in [0, 0.05) is 19.3 Å². The molecule has 0 aromatic rings. The molecular formula is C15H27NO. The van der Waals surface area contributed by atoms with Gasteiger partial charge in [0.15, 0.2) is 0 Å². The van der Waals surface area contributed by atoms with Gasteiger partial charge in [0.2, 0.25) is 0 Å². The minimum Gasteiger partial charge on any atom is -0.384 e. The highest BCUT2D eigenvalue weighted by molar-refractivity contribution is 5.30. The zero-order valence-corrected chi connectivity index (χ0v) is 11.5. The molecule has 0 heterocycles. The predicted molar refractivity (Wildman–Crippen MR) is 73.9 cm³/mol. The normalized spacial score (nSPS) is 20.8. The van der Waals surface area contributed by atoms with Crippen LogP contribution < -0.4 is 5.73 Å². The topological polar surface area (TPSA) is 35.2 Å². The lowest BCUT2D eigenvalue weighted by Crippen LogP contribution is -2.23. The van der Waals surface area contributed by atoms with E-state index in [4.69, 9.17) is 10.5 Å². The lowest BCUT2D eigenvalue weighted by Gasteiger charge is -2.12. The van der Waals surface area contributed by atoms with E-state index in [-0.39, 0.29) is 5.54 Å². The molecule has 1 saturated carbocycles. The summed E-state index contributed by atoms with van der Waals surface area (Å²) in [6, 6.07) is 0. The molecule has 0 radical (unpaired) electrons. The van der Waals surface area contributed by atoms with E-state index in [9.17, 15) is 0 Å². The fourth-order valence-electron chi connectivity index (χ4n) is 2.14. The smallest absolute Gasteiger partial charge is 0.0493 e. The molecule has 1 atom stereocenters. The van der Waals surface area contributed by atoms with E-state index in [0.717, 1.165) is 32.3 Å². The molecule has 2 nitrogen and oxygen atoms in total. The first-order chi connectivity index (χ1) is 8.16. The van der Waals surface area contributed by atoms with Gasteiger partial charge in [-0.25, -0.2) is 0 Å². The van der Waals surface area contributed by atoms with Crippen LogP contribution in [0, 0.1) is 5.92 Å². The summed E-state index contributed by atoms with van der Waals surface area (Å²) in [4.78, 5) is 0. The van der Waals surface area contributed by atoms with E-state index in [0.29, 0.717) is 5.92 Å². The summed E-state index contributed by atoms with van der Waals surface area (Å²) in [6.45, 7) is 5.25. The Labute approximate surface area is 106 Å². The fraction of sp³-hybridized carbons (Fsp3) is 0.733. The van der Waals surface area contributed by atoms with Crippen LogP contribution in [0.1, 0.15) is 46.0 Å². The fourth-order valence-corrected chi connectivity index (χ4v) is 2.14. The van der Waals surface area contributed by atoms with E-state index in [1.54, 1.807) is 7.11 Å². The second-order valence-corrected chi connectivity index (χ2v) is 5.10. The monoisotopic (exact) mass is 237 g/mol. The van der Waals surface area contributed by atoms with Crippen LogP contribution in [-0.2, 0) is 4.74 Å². The first-order valence-corrected chi connectivity index (χ1v) is 6.80. The van der Waals surface area contributed by atoms with Crippen LogP contribution >= 0.6 is 0 Å². The summed E-state index contributed by atoms with van der Waals surface area (Å²) >= 11 is 0. The zero-order valence-electron chi connectivity index (χ0n) is 11.5. The van der Waals surface area contributed by atoms with Gasteiger partial charge in [0.05, 0.1) is 0 Å². The Morgan fingerprint density at radius 2 is 2.12 bits per heavy atom. The van der Waals surface area contributed by atoms with E-state index in [1.165, 1.54) is 12.0 Å². The van der Waals surface area contributed by atoms with E-state index in [2.05, 4.69) is 32.1 Å². The summed E-state index contributed by atoms with van der Waals surface area (Å²) in [6.07, 6.45) is 12.3. The number of nitrogens with two attached hydrogens (primary N) is 1. The molecule has 0 spiro atoms. The van der Waals surface area contributed by atoms with Gasteiger partial charge in [-0.15, -0.1) is 0 Å². The summed E-state index contributed by atoms with van der Waals surface area (Å²) in [5.41, 5.74) is 7.63. The number of hydrogen-bond donors (Lipinski definition) is 1. The van der Waals surface area contributed by atoms with Gasteiger partial charge in [0.25, 0.3) is 0 Å². The third-order valence-corrected chi connectivity index (χ3v) is 3.69. The molecule has 1 aliphatic rings. The average molecular weight is 237 g/mol. The van der Waals surface area contributed by atoms with Crippen molar-refractivity contribution in [2.75, 3.05) is 13.7 Å². The van der Waals surface area contributed by atoms with Crippen molar-refractivity contribution in [1.29, 1.82) is 0 Å². The number of ether oxygens (including phenoxy) is 1. The number of hydrogen-bond acceptors (Lipinski definition) is 2. The predicted octanol–water partition coefficient (Wildman–Crippen LogP) is 3.43. The average Bonchev–Trinajstić information content (AvgIpc) is 3.06. The molecule has 0 bridgehead atoms. The maximum atomic E-state index is 6.20. The Balaban J connectivity index is 2.39. The third-order valence-electron chi connectivity index (χ3n) is 3.69. The minimum atomic E-state index is 0.0375. The van der Waals surface area contributed by atoms with Crippen molar-refractivity contribution in [1.82, 2.24) is 0 Å². The van der Waals surface area contributed by atoms with Crippen LogP contribution in [0.25, 0.3) is 0 Å². The van der Waals surface area contributed by atoms with Crippen molar-refractivity contribution in [2.45, 2.75) is 51.5 Å². The molecule has 1 fully saturated rings. The molecular weight excluding hydrogens is 210 g/mol. The largest absolute Gasteiger partial charge is 0.384 e. The van der Waals surface area contributed by atoms with Gasteiger partial charge < -0.3 is 10.5 Å². The number of allylic oxidation sites excluding steroid dienone is 3. The van der Waals surface area contributed by atoms with Gasteiger partial charge in [0.1, 0.15) is 0 Å². The molecule has 0 aliphatic heterocycles. The van der Waals surface area contributed by atoms with Gasteiger partial charge in [-0.1, -0.05) is 44.1 Å². The standard InChI is InChI=1S/C15H27NO/c1-4-13(12-17-3)8-6-7-9-14(5-2)15(16)10-11-15/h6-7,9,13H,4-5,8,10-12,16H2,1-3H3/b7-6-,14-9+. The minimum absolute atomic E-state index is 0.0375. The Morgan fingerprint density at radius 1 is 1.41 bits per heavy atom. The third kappa shape index (κ3) is 4.64. The molecule has 0 aromatic heterocycles. The first kappa shape index (κ1) is 14.5. The Bertz CT molecular complexity index is 277. The van der Waals surface area contributed by atoms with Crippen molar-refractivity contribution in [3.05, 3.63) is 23.8 Å². The van der Waals surface area contributed by atoms with Gasteiger partial charge in [-0.3, -0.25) is 0 Å². The number of rotatable bonds is 8. The summed E-state index contributed by atoms with van der Waals surface area (Å²) in [5, 5.41) is 0. The van der Waals surface area contributed by atoms with Crippen LogP contribution in [0.2, 0.25) is 0 Å². The van der Waals surface area contributed by atoms with E-state index in [1.807, 2.05) is 0 Å². The molecule has 2 N–H and O–H groups in total. The Morgan fingerprint density at radius 3 is 2.59 bits per heavy atom. The quantitative estimate of drug-likeness (QED) is 0.656. The highest BCUT2D eigenvalue weighted by Crippen LogP contribution is 2.40. The van der Waals surface area contributed by atoms with Crippen LogP contribution in [0.4, 0.5) is 0 Å². The lowest BCUT2D eigenvalue weighted by molar-refractivity contribution is 0.151. The van der Waals surface area contributed by atoms with Crippen molar-refractivity contribution in [2.24, 2.45) is 11.7 Å². The van der Waals surface area contributed by atoms with Crippen molar-refractivity contribution in [3.63, 3.8) is 0 Å². The maximum absolute atomic E-state index is 6.20. The van der Waals surface area contributed by atoms with Crippen LogP contribution in [0.5, 0.6) is 0 Å². The molecule has 0 saturated heterocycles. The lowest BCUT2D eigenvalue weighted by atomic mass is 10.0. The van der Waals surface area contributed by atoms with E-state index >= 15 is 0 Å². The summed E-state index contributed by atoms with van der Waals surface area (Å²) in [5.74, 6) is 0.641. The van der Waals surface area contributed by atoms with Gasteiger partial charge >= 0.3 is 0 Å². The second kappa shape index (κ2) is 6.97. The van der Waals surface area contributed by atoms with Gasteiger partial charge in [-0.05, 0) is 31.6 Å². The molecule has 1 rings (SSSR count). The molecule has 0 amide bonds. The SMILES string of the molecule is CC/C(=C\C=C/CC(CC)COC)C1(N)CC1.